The number of carbonyl (C=O) groups is 6. The number of nitrogens with zero attached hydrogens (tertiary/aromatic N) is 1. The zero-order valence-corrected chi connectivity index (χ0v) is 31.6. The number of aliphatic imine (C=N–C) groups is 1. The fourth-order valence-electron chi connectivity index (χ4n) is 7.28. The lowest BCUT2D eigenvalue weighted by Gasteiger charge is -2.26. The average molecular weight is 779 g/mol. The molecule has 0 bridgehead atoms. The number of fused-ring (bicyclic) bond motifs is 3. The molecule has 2 unspecified atom stereocenters. The number of hydrogen-bond acceptors (Lipinski definition) is 7. The van der Waals surface area contributed by atoms with Crippen molar-refractivity contribution in [3.8, 4) is 0 Å². The normalized spacial score (nSPS) is 23.9. The molecule has 1 aliphatic heterocycles. The highest BCUT2D eigenvalue weighted by Crippen LogP contribution is 2.39. The Hall–Kier alpha value is -6.45. The van der Waals surface area contributed by atoms with Gasteiger partial charge in [0.25, 0.3) is 0 Å². The third-order valence-electron chi connectivity index (χ3n) is 10.5. The number of para-hydroxylation sites is 1. The molecule has 1 aromatic heterocycles. The maximum atomic E-state index is 14.3. The number of rotatable bonds is 9. The largest absolute Gasteiger partial charge is 0.370 e. The quantitative estimate of drug-likeness (QED) is 0.0655. The molecule has 6 rings (SSSR count). The van der Waals surface area contributed by atoms with E-state index in [0.717, 1.165) is 32.8 Å². The van der Waals surface area contributed by atoms with Crippen LogP contribution in [0.15, 0.2) is 77.9 Å². The van der Waals surface area contributed by atoms with Crippen molar-refractivity contribution in [3.63, 3.8) is 0 Å². The zero-order chi connectivity index (χ0) is 40.5. The van der Waals surface area contributed by atoms with E-state index in [2.05, 4.69) is 36.6 Å². The van der Waals surface area contributed by atoms with Gasteiger partial charge in [0.05, 0.1) is 11.8 Å². The maximum absolute atomic E-state index is 14.3. The molecule has 6 atom stereocenters. The van der Waals surface area contributed by atoms with Gasteiger partial charge in [-0.25, -0.2) is 0 Å². The molecule has 0 spiro atoms. The molecule has 12 N–H and O–H groups in total. The topological polar surface area (TPSA) is 269 Å². The van der Waals surface area contributed by atoms with Gasteiger partial charge in [-0.2, -0.15) is 0 Å². The van der Waals surface area contributed by atoms with Crippen LogP contribution in [-0.4, -0.2) is 83.6 Å². The molecule has 2 aliphatic rings. The van der Waals surface area contributed by atoms with Gasteiger partial charge in [0.15, 0.2) is 5.96 Å². The Morgan fingerprint density at radius 2 is 1.37 bits per heavy atom. The first-order valence-corrected chi connectivity index (χ1v) is 19.3. The lowest BCUT2D eigenvalue weighted by molar-refractivity contribution is -0.134. The maximum Gasteiger partial charge on any atom is 0.243 e. The van der Waals surface area contributed by atoms with E-state index in [9.17, 15) is 28.8 Å². The number of nitrogens with two attached hydrogens (primary N) is 3. The predicted octanol–water partition coefficient (Wildman–Crippen LogP) is 0.521. The first-order valence-electron chi connectivity index (χ1n) is 19.3. The minimum absolute atomic E-state index is 0.0387. The molecule has 3 aromatic carbocycles. The summed E-state index contributed by atoms with van der Waals surface area (Å²) < 4.78 is 0. The number of hydrogen-bond donors (Lipinski definition) is 9. The number of H-pyrrole nitrogens is 1. The van der Waals surface area contributed by atoms with Crippen LogP contribution in [0.1, 0.15) is 49.7 Å². The number of carbonyl (C=O) groups excluding carboxylic acids is 6. The highest BCUT2D eigenvalue weighted by molar-refractivity contribution is 5.98. The van der Waals surface area contributed by atoms with Crippen molar-refractivity contribution in [3.05, 3.63) is 84.1 Å². The highest BCUT2D eigenvalue weighted by Gasteiger charge is 2.48. The third-order valence-corrected chi connectivity index (χ3v) is 10.5. The first kappa shape index (κ1) is 40.2. The first-order chi connectivity index (χ1) is 27.5. The molecular weight excluding hydrogens is 729 g/mol. The summed E-state index contributed by atoms with van der Waals surface area (Å²) in [6, 6.07) is 16.4. The second-order valence-corrected chi connectivity index (χ2v) is 14.8. The van der Waals surface area contributed by atoms with Crippen molar-refractivity contribution >= 4 is 63.1 Å². The van der Waals surface area contributed by atoms with Crippen molar-refractivity contribution in [1.29, 1.82) is 0 Å². The summed E-state index contributed by atoms with van der Waals surface area (Å²) in [4.78, 5) is 88.8. The molecule has 6 amide bonds. The van der Waals surface area contributed by atoms with Crippen LogP contribution in [0.5, 0.6) is 0 Å². The molecule has 2 heterocycles. The minimum Gasteiger partial charge on any atom is -0.370 e. The monoisotopic (exact) mass is 778 g/mol. The second-order valence-electron chi connectivity index (χ2n) is 14.8. The van der Waals surface area contributed by atoms with Crippen LogP contribution in [0.25, 0.3) is 21.7 Å². The molecular formula is C41H50N10O6. The number of guanidine groups is 1. The van der Waals surface area contributed by atoms with E-state index < -0.39 is 65.5 Å². The Bertz CT molecular complexity index is 2160. The SMILES string of the molecule is NC(=O)[C@@H]1CCCCNC(=O)C2CC2C(=O)N[C@H](Cc2ccc3ccccc3c2)C(=O)N[C@@H](CCCN=C(N)N)C(=O)N[C@@H](Cc2c[nH]c3ccccc23)C(=O)N1. The Morgan fingerprint density at radius 3 is 2.16 bits per heavy atom. The lowest BCUT2D eigenvalue weighted by Crippen LogP contribution is -2.59. The van der Waals surface area contributed by atoms with Crippen molar-refractivity contribution in [2.45, 2.75) is 75.5 Å². The van der Waals surface area contributed by atoms with Gasteiger partial charge in [-0.1, -0.05) is 60.7 Å². The van der Waals surface area contributed by atoms with Crippen molar-refractivity contribution in [1.82, 2.24) is 31.6 Å². The van der Waals surface area contributed by atoms with Crippen molar-refractivity contribution < 1.29 is 28.8 Å². The summed E-state index contributed by atoms with van der Waals surface area (Å²) in [5.74, 6) is -4.75. The third kappa shape index (κ3) is 10.7. The van der Waals surface area contributed by atoms with E-state index in [4.69, 9.17) is 17.2 Å². The Labute approximate surface area is 329 Å². The van der Waals surface area contributed by atoms with E-state index in [0.29, 0.717) is 25.8 Å². The van der Waals surface area contributed by atoms with Gasteiger partial charge in [-0.05, 0) is 66.5 Å². The number of aromatic amines is 1. The molecule has 1 saturated heterocycles. The van der Waals surface area contributed by atoms with E-state index in [-0.39, 0.29) is 50.5 Å². The second kappa shape index (κ2) is 18.5. The standard InChI is InChI=1S/C41H50N10O6/c42-35(52)31-12-5-6-16-45-36(53)28-21-29(28)37(54)50-33(19-23-14-15-24-8-1-2-9-25(24)18-23)39(56)49-32(13-7-17-46-41(43)44)38(55)51-34(40(57)48-31)20-26-22-47-30-11-4-3-10-27(26)30/h1-4,8-11,14-15,18,22,28-29,31-34,47H,5-7,12-13,16-17,19-21H2,(H2,42,52)(H,45,53)(H,48,57)(H,49,56)(H,50,54)(H,51,55)(H4,43,44,46)/t28?,29?,31-,32-,33+,34-/m0/s1. The van der Waals surface area contributed by atoms with Gasteiger partial charge in [-0.15, -0.1) is 0 Å². The van der Waals surface area contributed by atoms with Crippen LogP contribution < -0.4 is 43.8 Å². The van der Waals surface area contributed by atoms with E-state index in [1.54, 1.807) is 6.20 Å². The summed E-state index contributed by atoms with van der Waals surface area (Å²) in [5.41, 5.74) is 19.1. The van der Waals surface area contributed by atoms with Crippen LogP contribution in [0, 0.1) is 11.8 Å². The van der Waals surface area contributed by atoms with Crippen molar-refractivity contribution in [2.75, 3.05) is 13.1 Å². The van der Waals surface area contributed by atoms with Gasteiger partial charge in [0, 0.05) is 43.0 Å². The number of primary amides is 1. The fourth-order valence-corrected chi connectivity index (χ4v) is 7.28. The van der Waals surface area contributed by atoms with Crippen LogP contribution in [0.2, 0.25) is 0 Å². The number of nitrogens with one attached hydrogen (secondary N) is 6. The summed E-state index contributed by atoms with van der Waals surface area (Å²) in [6.07, 6.45) is 3.68. The number of amides is 6. The van der Waals surface area contributed by atoms with Gasteiger partial charge in [0.1, 0.15) is 24.2 Å². The van der Waals surface area contributed by atoms with Crippen LogP contribution in [0.3, 0.4) is 0 Å². The van der Waals surface area contributed by atoms with E-state index >= 15 is 0 Å². The average Bonchev–Trinajstić information content (AvgIpc) is 3.91. The highest BCUT2D eigenvalue weighted by atomic mass is 16.2. The Balaban J connectivity index is 1.31. The van der Waals surface area contributed by atoms with Crippen LogP contribution in [-0.2, 0) is 41.6 Å². The van der Waals surface area contributed by atoms with E-state index in [1.165, 1.54) is 0 Å². The lowest BCUT2D eigenvalue weighted by atomic mass is 10.00. The molecule has 16 nitrogen and oxygen atoms in total. The molecule has 2 fully saturated rings. The summed E-state index contributed by atoms with van der Waals surface area (Å²) in [6.45, 7) is 0.448. The predicted molar refractivity (Wildman–Crippen MR) is 215 cm³/mol. The van der Waals surface area contributed by atoms with Crippen LogP contribution in [0.4, 0.5) is 0 Å². The Kier molecular flexibility index (Phi) is 13.0. The molecule has 1 saturated carbocycles. The number of aromatic nitrogens is 1. The molecule has 1 aliphatic carbocycles. The summed E-state index contributed by atoms with van der Waals surface area (Å²) in [7, 11) is 0. The molecule has 16 heteroatoms. The minimum atomic E-state index is -1.20. The summed E-state index contributed by atoms with van der Waals surface area (Å²) >= 11 is 0. The van der Waals surface area contributed by atoms with E-state index in [1.807, 2.05) is 66.7 Å². The summed E-state index contributed by atoms with van der Waals surface area (Å²) in [5, 5.41) is 16.9. The van der Waals surface area contributed by atoms with Gasteiger partial charge in [-0.3, -0.25) is 33.8 Å². The smallest absolute Gasteiger partial charge is 0.243 e. The van der Waals surface area contributed by atoms with Gasteiger partial charge in [0.2, 0.25) is 35.4 Å². The van der Waals surface area contributed by atoms with Gasteiger partial charge < -0.3 is 48.8 Å². The Morgan fingerprint density at radius 1 is 0.702 bits per heavy atom. The molecule has 300 valence electrons. The zero-order valence-electron chi connectivity index (χ0n) is 31.6. The fraction of sp³-hybridized carbons (Fsp3) is 0.390. The van der Waals surface area contributed by atoms with Crippen LogP contribution >= 0.6 is 0 Å². The molecule has 57 heavy (non-hydrogen) atoms. The molecule has 0 radical (unpaired) electrons. The molecule has 4 aromatic rings. The van der Waals surface area contributed by atoms with Crippen molar-refractivity contribution in [2.24, 2.45) is 34.0 Å². The number of benzene rings is 3. The van der Waals surface area contributed by atoms with Gasteiger partial charge >= 0.3 is 0 Å².